The van der Waals surface area contributed by atoms with Crippen LogP contribution in [-0.2, 0) is 4.74 Å². The molecule has 2 saturated heterocycles. The van der Waals surface area contributed by atoms with E-state index in [9.17, 15) is 9.59 Å². The zero-order chi connectivity index (χ0) is 18.4. The van der Waals surface area contributed by atoms with Crippen LogP contribution in [0.15, 0.2) is 30.3 Å². The molecular weight excluding hydrogens is 330 g/mol. The normalized spacial score (nSPS) is 21.5. The van der Waals surface area contributed by atoms with Gasteiger partial charge in [0.15, 0.2) is 0 Å². The lowest BCUT2D eigenvalue weighted by molar-refractivity contribution is 0.0672. The van der Waals surface area contributed by atoms with Crippen LogP contribution in [-0.4, -0.2) is 66.7 Å². The van der Waals surface area contributed by atoms with Crippen molar-refractivity contribution in [3.63, 3.8) is 0 Å². The average molecular weight is 359 g/mol. The second kappa shape index (κ2) is 9.03. The first-order chi connectivity index (χ1) is 12.7. The summed E-state index contributed by atoms with van der Waals surface area (Å²) in [4.78, 5) is 28.2. The summed E-state index contributed by atoms with van der Waals surface area (Å²) < 4.78 is 5.07. The molecule has 2 fully saturated rings. The molecule has 2 aliphatic rings. The standard InChI is InChI=1S/C20H29N3O3/c1-2-26-20(25)22-13-10-17(11-14-22)21-18-9-6-12-23(15-18)19(24)16-7-4-3-5-8-16/h3-5,7-8,17-18,21H,2,6,9-15H2,1H3/t18-/m0/s1. The fourth-order valence-electron chi connectivity index (χ4n) is 3.84. The van der Waals surface area contributed by atoms with E-state index in [4.69, 9.17) is 4.74 Å². The Balaban J connectivity index is 1.47. The van der Waals surface area contributed by atoms with Crippen LogP contribution >= 0.6 is 0 Å². The van der Waals surface area contributed by atoms with Crippen molar-refractivity contribution in [2.75, 3.05) is 32.8 Å². The molecule has 0 bridgehead atoms. The highest BCUT2D eigenvalue weighted by Crippen LogP contribution is 2.17. The van der Waals surface area contributed by atoms with E-state index in [1.807, 2.05) is 42.2 Å². The SMILES string of the molecule is CCOC(=O)N1CCC(N[C@H]2CCCN(C(=O)c3ccccc3)C2)CC1. The summed E-state index contributed by atoms with van der Waals surface area (Å²) >= 11 is 0. The molecule has 0 spiro atoms. The minimum Gasteiger partial charge on any atom is -0.450 e. The Kier molecular flexibility index (Phi) is 6.50. The molecule has 1 aromatic rings. The first-order valence-corrected chi connectivity index (χ1v) is 9.69. The maximum Gasteiger partial charge on any atom is 0.409 e. The van der Waals surface area contributed by atoms with Crippen molar-refractivity contribution >= 4 is 12.0 Å². The Morgan fingerprint density at radius 2 is 1.77 bits per heavy atom. The lowest BCUT2D eigenvalue weighted by Gasteiger charge is -2.38. The molecule has 6 heteroatoms. The largest absolute Gasteiger partial charge is 0.450 e. The van der Waals surface area contributed by atoms with Crippen molar-refractivity contribution in [2.45, 2.75) is 44.7 Å². The highest BCUT2D eigenvalue weighted by molar-refractivity contribution is 5.94. The van der Waals surface area contributed by atoms with E-state index >= 15 is 0 Å². The number of amides is 2. The Bertz CT molecular complexity index is 600. The van der Waals surface area contributed by atoms with Gasteiger partial charge in [0, 0.05) is 43.8 Å². The van der Waals surface area contributed by atoms with Crippen molar-refractivity contribution in [3.8, 4) is 0 Å². The van der Waals surface area contributed by atoms with Crippen LogP contribution < -0.4 is 5.32 Å². The second-order valence-corrected chi connectivity index (χ2v) is 7.08. The smallest absolute Gasteiger partial charge is 0.409 e. The van der Waals surface area contributed by atoms with Crippen molar-refractivity contribution < 1.29 is 14.3 Å². The van der Waals surface area contributed by atoms with E-state index < -0.39 is 0 Å². The van der Waals surface area contributed by atoms with Crippen LogP contribution in [0.1, 0.15) is 43.0 Å². The molecule has 142 valence electrons. The molecule has 1 atom stereocenters. The summed E-state index contributed by atoms with van der Waals surface area (Å²) in [5, 5.41) is 3.71. The van der Waals surface area contributed by atoms with Crippen LogP contribution in [0.5, 0.6) is 0 Å². The number of hydrogen-bond acceptors (Lipinski definition) is 4. The number of hydrogen-bond donors (Lipinski definition) is 1. The van der Waals surface area contributed by atoms with E-state index in [1.165, 1.54) is 0 Å². The van der Waals surface area contributed by atoms with Crippen LogP contribution in [0, 0.1) is 0 Å². The number of carbonyl (C=O) groups excluding carboxylic acids is 2. The molecule has 0 aliphatic carbocycles. The number of nitrogens with zero attached hydrogens (tertiary/aromatic N) is 2. The fourth-order valence-corrected chi connectivity index (χ4v) is 3.84. The van der Waals surface area contributed by atoms with E-state index in [0.717, 1.165) is 57.4 Å². The van der Waals surface area contributed by atoms with Gasteiger partial charge in [0.2, 0.25) is 0 Å². The number of rotatable bonds is 4. The number of benzene rings is 1. The minimum atomic E-state index is -0.205. The molecule has 6 nitrogen and oxygen atoms in total. The number of nitrogens with one attached hydrogen (secondary N) is 1. The monoisotopic (exact) mass is 359 g/mol. The van der Waals surface area contributed by atoms with Gasteiger partial charge < -0.3 is 19.9 Å². The summed E-state index contributed by atoms with van der Waals surface area (Å²) in [5.41, 5.74) is 0.760. The lowest BCUT2D eigenvalue weighted by atomic mass is 9.99. The third-order valence-corrected chi connectivity index (χ3v) is 5.22. The Morgan fingerprint density at radius 3 is 2.46 bits per heavy atom. The first-order valence-electron chi connectivity index (χ1n) is 9.69. The third-order valence-electron chi connectivity index (χ3n) is 5.22. The maximum atomic E-state index is 12.7. The summed E-state index contributed by atoms with van der Waals surface area (Å²) in [5.74, 6) is 0.120. The van der Waals surface area contributed by atoms with Gasteiger partial charge in [-0.15, -0.1) is 0 Å². The molecular formula is C20H29N3O3. The van der Waals surface area contributed by atoms with Gasteiger partial charge in [0.25, 0.3) is 5.91 Å². The molecule has 3 rings (SSSR count). The second-order valence-electron chi connectivity index (χ2n) is 7.08. The summed E-state index contributed by atoms with van der Waals surface area (Å²) in [6, 6.07) is 10.2. The Hall–Kier alpha value is -2.08. The molecule has 2 aliphatic heterocycles. The van der Waals surface area contributed by atoms with Crippen molar-refractivity contribution in [1.82, 2.24) is 15.1 Å². The van der Waals surface area contributed by atoms with Gasteiger partial charge in [-0.25, -0.2) is 4.79 Å². The van der Waals surface area contributed by atoms with E-state index in [1.54, 1.807) is 4.90 Å². The van der Waals surface area contributed by atoms with Gasteiger partial charge >= 0.3 is 6.09 Å². The van der Waals surface area contributed by atoms with Crippen molar-refractivity contribution in [3.05, 3.63) is 35.9 Å². The van der Waals surface area contributed by atoms with Crippen LogP contribution in [0.2, 0.25) is 0 Å². The number of piperidine rings is 2. The molecule has 0 radical (unpaired) electrons. The zero-order valence-electron chi connectivity index (χ0n) is 15.5. The van der Waals surface area contributed by atoms with Crippen molar-refractivity contribution in [2.24, 2.45) is 0 Å². The molecule has 26 heavy (non-hydrogen) atoms. The highest BCUT2D eigenvalue weighted by atomic mass is 16.6. The minimum absolute atomic E-state index is 0.120. The van der Waals surface area contributed by atoms with E-state index in [-0.39, 0.29) is 12.0 Å². The average Bonchev–Trinajstić information content (AvgIpc) is 2.69. The Morgan fingerprint density at radius 1 is 1.04 bits per heavy atom. The molecule has 2 amide bonds. The van der Waals surface area contributed by atoms with Crippen LogP contribution in [0.4, 0.5) is 4.79 Å². The van der Waals surface area contributed by atoms with Gasteiger partial charge in [-0.3, -0.25) is 4.79 Å². The number of carbonyl (C=O) groups is 2. The van der Waals surface area contributed by atoms with Gasteiger partial charge in [0.05, 0.1) is 6.61 Å². The van der Waals surface area contributed by atoms with Gasteiger partial charge in [0.1, 0.15) is 0 Å². The molecule has 1 N–H and O–H groups in total. The number of likely N-dealkylation sites (tertiary alicyclic amines) is 2. The summed E-state index contributed by atoms with van der Waals surface area (Å²) in [6.07, 6.45) is 3.78. The predicted octanol–water partition coefficient (Wildman–Crippen LogP) is 2.50. The quantitative estimate of drug-likeness (QED) is 0.897. The molecule has 0 aromatic heterocycles. The van der Waals surface area contributed by atoms with Crippen LogP contribution in [0.3, 0.4) is 0 Å². The third kappa shape index (κ3) is 4.75. The fraction of sp³-hybridized carbons (Fsp3) is 0.600. The van der Waals surface area contributed by atoms with Gasteiger partial charge in [-0.05, 0) is 44.7 Å². The molecule has 2 heterocycles. The topological polar surface area (TPSA) is 61.9 Å². The summed E-state index contributed by atoms with van der Waals surface area (Å²) in [6.45, 7) is 5.30. The molecule has 1 aromatic carbocycles. The van der Waals surface area contributed by atoms with Gasteiger partial charge in [-0.2, -0.15) is 0 Å². The van der Waals surface area contributed by atoms with Crippen molar-refractivity contribution in [1.29, 1.82) is 0 Å². The van der Waals surface area contributed by atoms with Crippen LogP contribution in [0.25, 0.3) is 0 Å². The maximum absolute atomic E-state index is 12.7. The first kappa shape index (κ1) is 18.7. The summed E-state index contributed by atoms with van der Waals surface area (Å²) in [7, 11) is 0. The molecule has 0 saturated carbocycles. The zero-order valence-corrected chi connectivity index (χ0v) is 15.5. The highest BCUT2D eigenvalue weighted by Gasteiger charge is 2.28. The predicted molar refractivity (Wildman–Crippen MR) is 100 cm³/mol. The lowest BCUT2D eigenvalue weighted by Crippen LogP contribution is -2.53. The molecule has 0 unspecified atom stereocenters. The Labute approximate surface area is 155 Å². The van der Waals surface area contributed by atoms with E-state index in [0.29, 0.717) is 18.7 Å². The number of ether oxygens (including phenoxy) is 1. The van der Waals surface area contributed by atoms with Gasteiger partial charge in [-0.1, -0.05) is 18.2 Å². The van der Waals surface area contributed by atoms with E-state index in [2.05, 4.69) is 5.32 Å².